The molecule has 0 aromatic carbocycles. The summed E-state index contributed by atoms with van der Waals surface area (Å²) in [5.74, 6) is 3.14. The first-order chi connectivity index (χ1) is 9.61. The van der Waals surface area contributed by atoms with Gasteiger partial charge in [-0.25, -0.2) is 4.98 Å². The van der Waals surface area contributed by atoms with Crippen LogP contribution in [-0.4, -0.2) is 29.6 Å². The number of hydrogen-bond donors (Lipinski definition) is 1. The van der Waals surface area contributed by atoms with Crippen molar-refractivity contribution in [3.8, 4) is 0 Å². The summed E-state index contributed by atoms with van der Waals surface area (Å²) in [6.07, 6.45) is 5.20. The van der Waals surface area contributed by atoms with Gasteiger partial charge in [0.15, 0.2) is 5.82 Å². The van der Waals surface area contributed by atoms with Gasteiger partial charge in [0.2, 0.25) is 5.95 Å². The van der Waals surface area contributed by atoms with Gasteiger partial charge >= 0.3 is 0 Å². The third-order valence-corrected chi connectivity index (χ3v) is 4.31. The van der Waals surface area contributed by atoms with E-state index in [1.165, 1.54) is 12.8 Å². The minimum atomic E-state index is 0.648. The van der Waals surface area contributed by atoms with Crippen LogP contribution in [0.25, 0.3) is 0 Å². The highest BCUT2D eigenvalue weighted by Crippen LogP contribution is 2.30. The molecular weight excluding hydrogens is 272 g/mol. The van der Waals surface area contributed by atoms with E-state index in [1.807, 2.05) is 0 Å². The molecule has 1 fully saturated rings. The first kappa shape index (κ1) is 15.4. The van der Waals surface area contributed by atoms with Crippen molar-refractivity contribution in [3.05, 3.63) is 11.2 Å². The maximum atomic E-state index is 6.27. The molecule has 20 heavy (non-hydrogen) atoms. The van der Waals surface area contributed by atoms with Gasteiger partial charge in [-0.3, -0.25) is 0 Å². The lowest BCUT2D eigenvalue weighted by molar-refractivity contribution is 0.310. The quantitative estimate of drug-likeness (QED) is 0.897. The highest BCUT2D eigenvalue weighted by Gasteiger charge is 2.23. The van der Waals surface area contributed by atoms with Crippen LogP contribution in [-0.2, 0) is 0 Å². The molecule has 0 bridgehead atoms. The van der Waals surface area contributed by atoms with Crippen LogP contribution in [0.15, 0.2) is 6.20 Å². The van der Waals surface area contributed by atoms with Gasteiger partial charge in [0, 0.05) is 19.6 Å². The van der Waals surface area contributed by atoms with E-state index >= 15 is 0 Å². The van der Waals surface area contributed by atoms with E-state index in [-0.39, 0.29) is 0 Å². The average molecular weight is 297 g/mol. The lowest BCUT2D eigenvalue weighted by Crippen LogP contribution is -2.36. The standard InChI is InChI=1S/C15H25ClN4/c1-4-7-17-15-18-10-13(16)14(19-15)20-8-5-12(6-9-20)11(2)3/h10-12H,4-9H2,1-3H3,(H,17,18,19). The van der Waals surface area contributed by atoms with Crippen molar-refractivity contribution >= 4 is 23.4 Å². The second-order valence-corrected chi connectivity index (χ2v) is 6.27. The highest BCUT2D eigenvalue weighted by molar-refractivity contribution is 6.32. The minimum Gasteiger partial charge on any atom is -0.355 e. The van der Waals surface area contributed by atoms with E-state index in [0.717, 1.165) is 43.7 Å². The van der Waals surface area contributed by atoms with Crippen LogP contribution < -0.4 is 10.2 Å². The van der Waals surface area contributed by atoms with Gasteiger partial charge in [0.25, 0.3) is 0 Å². The molecule has 1 aliphatic heterocycles. The molecule has 1 aromatic rings. The Hall–Kier alpha value is -1.03. The van der Waals surface area contributed by atoms with E-state index < -0.39 is 0 Å². The predicted octanol–water partition coefficient (Wildman–Crippen LogP) is 3.82. The van der Waals surface area contributed by atoms with E-state index in [4.69, 9.17) is 11.6 Å². The molecule has 0 unspecified atom stereocenters. The Morgan fingerprint density at radius 1 is 1.40 bits per heavy atom. The highest BCUT2D eigenvalue weighted by atomic mass is 35.5. The Morgan fingerprint density at radius 2 is 2.10 bits per heavy atom. The Bertz CT molecular complexity index is 428. The fourth-order valence-electron chi connectivity index (χ4n) is 2.68. The average Bonchev–Trinajstić information content (AvgIpc) is 2.46. The molecular formula is C15H25ClN4. The van der Waals surface area contributed by atoms with Gasteiger partial charge < -0.3 is 10.2 Å². The first-order valence-electron chi connectivity index (χ1n) is 7.63. The molecule has 0 radical (unpaired) electrons. The minimum absolute atomic E-state index is 0.648. The molecule has 2 rings (SSSR count). The molecule has 0 spiro atoms. The third kappa shape index (κ3) is 3.75. The smallest absolute Gasteiger partial charge is 0.224 e. The Kier molecular flexibility index (Phi) is 5.46. The maximum Gasteiger partial charge on any atom is 0.224 e. The summed E-state index contributed by atoms with van der Waals surface area (Å²) >= 11 is 6.27. The summed E-state index contributed by atoms with van der Waals surface area (Å²) in [5, 5.41) is 3.87. The van der Waals surface area contributed by atoms with E-state index in [2.05, 4.69) is 41.0 Å². The number of hydrogen-bond acceptors (Lipinski definition) is 4. The summed E-state index contributed by atoms with van der Waals surface area (Å²) in [6.45, 7) is 9.70. The van der Waals surface area contributed by atoms with Crippen molar-refractivity contribution in [2.24, 2.45) is 11.8 Å². The van der Waals surface area contributed by atoms with Crippen LogP contribution in [0.5, 0.6) is 0 Å². The molecule has 112 valence electrons. The second kappa shape index (κ2) is 7.11. The van der Waals surface area contributed by atoms with Gasteiger partial charge in [-0.2, -0.15) is 4.98 Å². The van der Waals surface area contributed by atoms with Crippen molar-refractivity contribution < 1.29 is 0 Å². The van der Waals surface area contributed by atoms with Gasteiger partial charge in [-0.05, 0) is 31.1 Å². The summed E-state index contributed by atoms with van der Waals surface area (Å²) in [6, 6.07) is 0. The predicted molar refractivity (Wildman–Crippen MR) is 85.6 cm³/mol. The summed E-state index contributed by atoms with van der Waals surface area (Å²) in [7, 11) is 0. The lowest BCUT2D eigenvalue weighted by Gasteiger charge is -2.35. The van der Waals surface area contributed by atoms with Crippen molar-refractivity contribution in [1.82, 2.24) is 9.97 Å². The topological polar surface area (TPSA) is 41.1 Å². The second-order valence-electron chi connectivity index (χ2n) is 5.86. The number of piperidine rings is 1. The Labute approximate surface area is 126 Å². The van der Waals surface area contributed by atoms with Gasteiger partial charge in [0.05, 0.1) is 6.20 Å². The van der Waals surface area contributed by atoms with Crippen LogP contribution in [0, 0.1) is 11.8 Å². The van der Waals surface area contributed by atoms with Crippen LogP contribution in [0.4, 0.5) is 11.8 Å². The molecule has 1 aliphatic rings. The van der Waals surface area contributed by atoms with Crippen molar-refractivity contribution in [1.29, 1.82) is 0 Å². The van der Waals surface area contributed by atoms with E-state index in [1.54, 1.807) is 6.20 Å². The molecule has 1 aromatic heterocycles. The van der Waals surface area contributed by atoms with Crippen molar-refractivity contribution in [2.45, 2.75) is 40.0 Å². The van der Waals surface area contributed by atoms with Gasteiger partial charge in [0.1, 0.15) is 5.02 Å². The maximum absolute atomic E-state index is 6.27. The summed E-state index contributed by atoms with van der Waals surface area (Å²) < 4.78 is 0. The van der Waals surface area contributed by atoms with Crippen LogP contribution >= 0.6 is 11.6 Å². The number of rotatable bonds is 5. The molecule has 0 amide bonds. The Morgan fingerprint density at radius 3 is 2.70 bits per heavy atom. The lowest BCUT2D eigenvalue weighted by atomic mass is 9.87. The molecule has 4 nitrogen and oxygen atoms in total. The molecule has 1 N–H and O–H groups in total. The number of nitrogens with one attached hydrogen (secondary N) is 1. The van der Waals surface area contributed by atoms with Crippen LogP contribution in [0.1, 0.15) is 40.0 Å². The molecule has 2 heterocycles. The summed E-state index contributed by atoms with van der Waals surface area (Å²) in [4.78, 5) is 11.1. The van der Waals surface area contributed by atoms with Crippen LogP contribution in [0.2, 0.25) is 5.02 Å². The zero-order valence-electron chi connectivity index (χ0n) is 12.7. The molecule has 0 atom stereocenters. The molecule has 0 aliphatic carbocycles. The molecule has 1 saturated heterocycles. The number of nitrogens with zero attached hydrogens (tertiary/aromatic N) is 3. The zero-order chi connectivity index (χ0) is 14.5. The largest absolute Gasteiger partial charge is 0.355 e. The van der Waals surface area contributed by atoms with E-state index in [0.29, 0.717) is 11.0 Å². The molecule has 5 heteroatoms. The van der Waals surface area contributed by atoms with Crippen molar-refractivity contribution in [3.63, 3.8) is 0 Å². The number of aromatic nitrogens is 2. The van der Waals surface area contributed by atoms with Crippen LogP contribution in [0.3, 0.4) is 0 Å². The summed E-state index contributed by atoms with van der Waals surface area (Å²) in [5.41, 5.74) is 0. The SMILES string of the molecule is CCCNc1ncc(Cl)c(N2CCC(C(C)C)CC2)n1. The molecule has 0 saturated carbocycles. The fraction of sp³-hybridized carbons (Fsp3) is 0.733. The van der Waals surface area contributed by atoms with Gasteiger partial charge in [-0.15, -0.1) is 0 Å². The number of anilines is 2. The normalized spacial score (nSPS) is 16.8. The Balaban J connectivity index is 2.05. The zero-order valence-corrected chi connectivity index (χ0v) is 13.5. The number of halogens is 1. The fourth-order valence-corrected chi connectivity index (χ4v) is 2.89. The third-order valence-electron chi connectivity index (χ3n) is 4.04. The monoisotopic (exact) mass is 296 g/mol. The van der Waals surface area contributed by atoms with Crippen molar-refractivity contribution in [2.75, 3.05) is 29.9 Å². The van der Waals surface area contributed by atoms with E-state index in [9.17, 15) is 0 Å². The van der Waals surface area contributed by atoms with Gasteiger partial charge in [-0.1, -0.05) is 32.4 Å². The first-order valence-corrected chi connectivity index (χ1v) is 8.01.